The molecule has 0 bridgehead atoms. The van der Waals surface area contributed by atoms with Gasteiger partial charge in [-0.3, -0.25) is 0 Å². The molecule has 0 aromatic carbocycles. The van der Waals surface area contributed by atoms with Crippen molar-refractivity contribution < 1.29 is 0 Å². The lowest BCUT2D eigenvalue weighted by molar-refractivity contribution is 0.162. The van der Waals surface area contributed by atoms with Gasteiger partial charge in [-0.25, -0.2) is 0 Å². The fourth-order valence-electron chi connectivity index (χ4n) is 1.99. The van der Waals surface area contributed by atoms with E-state index in [1.807, 2.05) is 0 Å². The molecule has 0 atom stereocenters. The Kier molecular flexibility index (Phi) is 2.42. The second-order valence-electron chi connectivity index (χ2n) is 3.94. The van der Waals surface area contributed by atoms with Gasteiger partial charge in [-0.05, 0) is 37.0 Å². The highest BCUT2D eigenvalue weighted by molar-refractivity contribution is 7.99. The molecule has 1 nitrogen and oxygen atoms in total. The highest BCUT2D eigenvalue weighted by Gasteiger charge is 2.36. The van der Waals surface area contributed by atoms with Gasteiger partial charge in [-0.2, -0.15) is 11.8 Å². The van der Waals surface area contributed by atoms with E-state index in [1.54, 1.807) is 0 Å². The first-order chi connectivity index (χ1) is 5.41. The Labute approximate surface area is 73.3 Å². The van der Waals surface area contributed by atoms with Gasteiger partial charge in [0.05, 0.1) is 0 Å². The molecule has 1 saturated heterocycles. The normalized spacial score (nSPS) is 30.5. The second-order valence-corrected chi connectivity index (χ2v) is 5.04. The summed E-state index contributed by atoms with van der Waals surface area (Å²) in [6.45, 7) is 2.54. The Hall–Kier alpha value is 0.310. The van der Waals surface area contributed by atoms with Crippen molar-refractivity contribution in [2.75, 3.05) is 24.6 Å². The average molecular weight is 171 g/mol. The summed E-state index contributed by atoms with van der Waals surface area (Å²) >= 11 is 2.17. The van der Waals surface area contributed by atoms with Crippen LogP contribution in [0.1, 0.15) is 25.7 Å². The van der Waals surface area contributed by atoms with Gasteiger partial charge in [-0.1, -0.05) is 6.42 Å². The Morgan fingerprint density at radius 3 is 2.82 bits per heavy atom. The van der Waals surface area contributed by atoms with Crippen molar-refractivity contribution in [3.8, 4) is 0 Å². The molecule has 1 spiro atoms. The van der Waals surface area contributed by atoms with Gasteiger partial charge >= 0.3 is 0 Å². The van der Waals surface area contributed by atoms with Crippen molar-refractivity contribution in [1.29, 1.82) is 0 Å². The van der Waals surface area contributed by atoms with Crippen LogP contribution in [0.3, 0.4) is 0 Å². The second kappa shape index (κ2) is 3.36. The maximum Gasteiger partial charge on any atom is 0.00157 e. The SMILES string of the molecule is C1CNCC2(CCC2)CSC1. The maximum absolute atomic E-state index is 3.57. The Morgan fingerprint density at radius 2 is 2.09 bits per heavy atom. The van der Waals surface area contributed by atoms with E-state index in [0.717, 1.165) is 5.41 Å². The van der Waals surface area contributed by atoms with Crippen molar-refractivity contribution in [3.63, 3.8) is 0 Å². The fourth-order valence-corrected chi connectivity index (χ4v) is 3.31. The lowest BCUT2D eigenvalue weighted by Crippen LogP contribution is -2.43. The van der Waals surface area contributed by atoms with Gasteiger partial charge in [0.1, 0.15) is 0 Å². The molecule has 1 aliphatic heterocycles. The van der Waals surface area contributed by atoms with Crippen LogP contribution >= 0.6 is 11.8 Å². The number of rotatable bonds is 0. The van der Waals surface area contributed by atoms with E-state index < -0.39 is 0 Å². The third kappa shape index (κ3) is 1.73. The van der Waals surface area contributed by atoms with Crippen LogP contribution in [0.15, 0.2) is 0 Å². The standard InChI is InChI=1S/C9H17NS/c1-3-9(4-1)7-10-5-2-6-11-8-9/h10H,1-8H2. The van der Waals surface area contributed by atoms with Gasteiger partial charge in [0.2, 0.25) is 0 Å². The van der Waals surface area contributed by atoms with Crippen LogP contribution in [0.25, 0.3) is 0 Å². The summed E-state index contributed by atoms with van der Waals surface area (Å²) in [4.78, 5) is 0. The van der Waals surface area contributed by atoms with Gasteiger partial charge < -0.3 is 5.32 Å². The number of nitrogens with one attached hydrogen (secondary N) is 1. The zero-order valence-corrected chi connectivity index (χ0v) is 7.88. The Morgan fingerprint density at radius 1 is 1.18 bits per heavy atom. The predicted molar refractivity (Wildman–Crippen MR) is 51.1 cm³/mol. The average Bonchev–Trinajstić information content (AvgIpc) is 1.82. The maximum atomic E-state index is 3.57. The molecule has 0 aromatic heterocycles. The molecule has 2 heteroatoms. The molecule has 1 saturated carbocycles. The van der Waals surface area contributed by atoms with Crippen molar-refractivity contribution in [2.45, 2.75) is 25.7 Å². The molecule has 0 radical (unpaired) electrons. The number of hydrogen-bond donors (Lipinski definition) is 1. The summed E-state index contributed by atoms with van der Waals surface area (Å²) in [5, 5.41) is 3.57. The third-order valence-corrected chi connectivity index (χ3v) is 4.36. The van der Waals surface area contributed by atoms with Gasteiger partial charge in [0.15, 0.2) is 0 Å². The first kappa shape index (κ1) is 7.93. The molecule has 11 heavy (non-hydrogen) atoms. The highest BCUT2D eigenvalue weighted by Crippen LogP contribution is 2.43. The molecule has 0 amide bonds. The van der Waals surface area contributed by atoms with Crippen molar-refractivity contribution >= 4 is 11.8 Å². The summed E-state index contributed by atoms with van der Waals surface area (Å²) in [6, 6.07) is 0. The van der Waals surface area contributed by atoms with E-state index in [1.165, 1.54) is 50.3 Å². The molecule has 2 aliphatic rings. The lowest BCUT2D eigenvalue weighted by Gasteiger charge is -2.43. The smallest absolute Gasteiger partial charge is 0.00157 e. The van der Waals surface area contributed by atoms with Crippen LogP contribution < -0.4 is 5.32 Å². The number of hydrogen-bond acceptors (Lipinski definition) is 2. The van der Waals surface area contributed by atoms with E-state index in [4.69, 9.17) is 0 Å². The molecular weight excluding hydrogens is 154 g/mol. The van der Waals surface area contributed by atoms with Crippen LogP contribution in [0.5, 0.6) is 0 Å². The molecule has 1 heterocycles. The molecule has 1 N–H and O–H groups in total. The van der Waals surface area contributed by atoms with Crippen LogP contribution in [0.2, 0.25) is 0 Å². The highest BCUT2D eigenvalue weighted by atomic mass is 32.2. The summed E-state index contributed by atoms with van der Waals surface area (Å²) in [5.41, 5.74) is 0.727. The predicted octanol–water partition coefficient (Wildman–Crippen LogP) is 1.88. The minimum Gasteiger partial charge on any atom is -0.316 e. The third-order valence-electron chi connectivity index (χ3n) is 2.96. The quantitative estimate of drug-likeness (QED) is 0.597. The van der Waals surface area contributed by atoms with E-state index in [0.29, 0.717) is 0 Å². The zero-order valence-electron chi connectivity index (χ0n) is 7.07. The van der Waals surface area contributed by atoms with E-state index in [2.05, 4.69) is 17.1 Å². The summed E-state index contributed by atoms with van der Waals surface area (Å²) in [7, 11) is 0. The molecule has 64 valence electrons. The Bertz CT molecular complexity index is 122. The largest absolute Gasteiger partial charge is 0.316 e. The van der Waals surface area contributed by atoms with E-state index in [9.17, 15) is 0 Å². The number of thioether (sulfide) groups is 1. The minimum atomic E-state index is 0.727. The van der Waals surface area contributed by atoms with Gasteiger partial charge in [0.25, 0.3) is 0 Å². The summed E-state index contributed by atoms with van der Waals surface area (Å²) in [5.74, 6) is 2.79. The van der Waals surface area contributed by atoms with Crippen LogP contribution in [0, 0.1) is 5.41 Å². The van der Waals surface area contributed by atoms with Crippen molar-refractivity contribution in [3.05, 3.63) is 0 Å². The lowest BCUT2D eigenvalue weighted by atomic mass is 9.70. The molecule has 0 unspecified atom stereocenters. The van der Waals surface area contributed by atoms with Gasteiger partial charge in [0, 0.05) is 12.3 Å². The van der Waals surface area contributed by atoms with Crippen LogP contribution in [0.4, 0.5) is 0 Å². The minimum absolute atomic E-state index is 0.727. The fraction of sp³-hybridized carbons (Fsp3) is 1.00. The first-order valence-electron chi connectivity index (χ1n) is 4.70. The van der Waals surface area contributed by atoms with Crippen molar-refractivity contribution in [2.24, 2.45) is 5.41 Å². The topological polar surface area (TPSA) is 12.0 Å². The van der Waals surface area contributed by atoms with E-state index in [-0.39, 0.29) is 0 Å². The summed E-state index contributed by atoms with van der Waals surface area (Å²) in [6.07, 6.45) is 5.79. The first-order valence-corrected chi connectivity index (χ1v) is 5.85. The van der Waals surface area contributed by atoms with Crippen LogP contribution in [-0.4, -0.2) is 24.6 Å². The molecule has 2 fully saturated rings. The summed E-state index contributed by atoms with van der Waals surface area (Å²) < 4.78 is 0. The molecule has 0 aromatic rings. The molecule has 1 aliphatic carbocycles. The molecule has 2 rings (SSSR count). The monoisotopic (exact) mass is 171 g/mol. The van der Waals surface area contributed by atoms with Crippen molar-refractivity contribution in [1.82, 2.24) is 5.32 Å². The van der Waals surface area contributed by atoms with Gasteiger partial charge in [-0.15, -0.1) is 0 Å². The van der Waals surface area contributed by atoms with E-state index >= 15 is 0 Å². The zero-order chi connectivity index (χ0) is 7.57. The Balaban J connectivity index is 1.86. The molecular formula is C9H17NS. The van der Waals surface area contributed by atoms with Crippen LogP contribution in [-0.2, 0) is 0 Å².